The minimum Gasteiger partial charge on any atom is -0.497 e. The second-order valence-corrected chi connectivity index (χ2v) is 8.41. The molecule has 4 rings (SSSR count). The van der Waals surface area contributed by atoms with E-state index < -0.39 is 0 Å². The van der Waals surface area contributed by atoms with E-state index in [1.807, 2.05) is 56.3 Å². The van der Waals surface area contributed by atoms with Crippen LogP contribution in [0, 0.1) is 13.8 Å². The Morgan fingerprint density at radius 1 is 1.09 bits per heavy atom. The number of rotatable bonds is 8. The highest BCUT2D eigenvalue weighted by molar-refractivity contribution is 7.17. The Hall–Kier alpha value is -3.52. The summed E-state index contributed by atoms with van der Waals surface area (Å²) in [6.07, 6.45) is 1.82. The number of methoxy groups -OCH3 is 1. The van der Waals surface area contributed by atoms with Crippen LogP contribution < -0.4 is 10.1 Å². The van der Waals surface area contributed by atoms with Crippen molar-refractivity contribution >= 4 is 17.2 Å². The SMILES string of the molecule is COc1ccc(-n2nnc(-c3nc(C)c(C(=O)NCCCc4ccccc4)s3)c2C)cc1. The molecule has 0 saturated carbocycles. The molecule has 0 atom stereocenters. The zero-order valence-electron chi connectivity index (χ0n) is 18.3. The van der Waals surface area contributed by atoms with Gasteiger partial charge < -0.3 is 10.1 Å². The van der Waals surface area contributed by atoms with Gasteiger partial charge in [0.05, 0.1) is 24.2 Å². The average molecular weight is 448 g/mol. The quantitative estimate of drug-likeness (QED) is 0.406. The second-order valence-electron chi connectivity index (χ2n) is 7.41. The number of thiazole rings is 1. The van der Waals surface area contributed by atoms with Gasteiger partial charge in [-0.05, 0) is 56.5 Å². The van der Waals surface area contributed by atoms with Crippen molar-refractivity contribution in [3.63, 3.8) is 0 Å². The molecule has 1 amide bonds. The molecule has 32 heavy (non-hydrogen) atoms. The van der Waals surface area contributed by atoms with Crippen LogP contribution in [0.2, 0.25) is 0 Å². The predicted octanol–water partition coefficient (Wildman–Crippen LogP) is 4.38. The highest BCUT2D eigenvalue weighted by Crippen LogP contribution is 2.29. The molecule has 8 heteroatoms. The first-order valence-electron chi connectivity index (χ1n) is 10.4. The van der Waals surface area contributed by atoms with Crippen molar-refractivity contribution in [1.29, 1.82) is 0 Å². The zero-order valence-corrected chi connectivity index (χ0v) is 19.1. The Kier molecular flexibility index (Phi) is 6.61. The summed E-state index contributed by atoms with van der Waals surface area (Å²) >= 11 is 1.34. The summed E-state index contributed by atoms with van der Waals surface area (Å²) in [6.45, 7) is 4.41. The molecule has 7 nitrogen and oxygen atoms in total. The van der Waals surface area contributed by atoms with Gasteiger partial charge in [-0.3, -0.25) is 4.79 Å². The van der Waals surface area contributed by atoms with Crippen molar-refractivity contribution in [3.05, 3.63) is 76.4 Å². The molecule has 164 valence electrons. The van der Waals surface area contributed by atoms with Crippen molar-refractivity contribution in [2.75, 3.05) is 13.7 Å². The molecule has 2 aromatic carbocycles. The number of aryl methyl sites for hydroxylation is 2. The van der Waals surface area contributed by atoms with Crippen LogP contribution in [0.4, 0.5) is 0 Å². The highest BCUT2D eigenvalue weighted by Gasteiger charge is 2.20. The van der Waals surface area contributed by atoms with Gasteiger partial charge in [-0.2, -0.15) is 0 Å². The number of carbonyl (C=O) groups is 1. The Labute approximate surface area is 191 Å². The molecule has 0 spiro atoms. The summed E-state index contributed by atoms with van der Waals surface area (Å²) in [5.74, 6) is 0.682. The maximum absolute atomic E-state index is 12.7. The molecular formula is C24H25N5O2S. The van der Waals surface area contributed by atoms with E-state index in [2.05, 4.69) is 32.7 Å². The van der Waals surface area contributed by atoms with Gasteiger partial charge in [-0.25, -0.2) is 9.67 Å². The van der Waals surface area contributed by atoms with E-state index in [1.54, 1.807) is 11.8 Å². The minimum absolute atomic E-state index is 0.0977. The lowest BCUT2D eigenvalue weighted by atomic mass is 10.1. The van der Waals surface area contributed by atoms with Gasteiger partial charge in [0, 0.05) is 6.54 Å². The van der Waals surface area contributed by atoms with Gasteiger partial charge >= 0.3 is 0 Å². The summed E-state index contributed by atoms with van der Waals surface area (Å²) in [7, 11) is 1.63. The van der Waals surface area contributed by atoms with Gasteiger partial charge in [-0.15, -0.1) is 16.4 Å². The third-order valence-electron chi connectivity index (χ3n) is 5.19. The number of benzene rings is 2. The Bertz CT molecular complexity index is 1200. The summed E-state index contributed by atoms with van der Waals surface area (Å²) in [6, 6.07) is 17.9. The monoisotopic (exact) mass is 447 g/mol. The van der Waals surface area contributed by atoms with Crippen molar-refractivity contribution in [3.8, 4) is 22.1 Å². The maximum atomic E-state index is 12.7. The summed E-state index contributed by atoms with van der Waals surface area (Å²) < 4.78 is 6.97. The first kappa shape index (κ1) is 21.7. The molecule has 0 bridgehead atoms. The number of hydrogen-bond donors (Lipinski definition) is 1. The topological polar surface area (TPSA) is 81.9 Å². The summed E-state index contributed by atoms with van der Waals surface area (Å²) in [5, 5.41) is 12.3. The predicted molar refractivity (Wildman–Crippen MR) is 126 cm³/mol. The molecule has 1 N–H and O–H groups in total. The molecule has 2 aromatic heterocycles. The Balaban J connectivity index is 1.43. The third-order valence-corrected chi connectivity index (χ3v) is 6.35. The minimum atomic E-state index is -0.0977. The number of carbonyl (C=O) groups excluding carboxylic acids is 1. The molecule has 0 aliphatic rings. The van der Waals surface area contributed by atoms with Crippen LogP contribution in [-0.4, -0.2) is 39.5 Å². The van der Waals surface area contributed by atoms with Crippen LogP contribution in [0.25, 0.3) is 16.4 Å². The molecule has 0 fully saturated rings. The van der Waals surface area contributed by atoms with Crippen LogP contribution in [0.1, 0.15) is 33.0 Å². The van der Waals surface area contributed by atoms with Gasteiger partial charge in [0.25, 0.3) is 5.91 Å². The van der Waals surface area contributed by atoms with Crippen molar-refractivity contribution in [1.82, 2.24) is 25.3 Å². The molecule has 0 aliphatic heterocycles. The first-order valence-corrected chi connectivity index (χ1v) is 11.2. The standard InChI is InChI=1S/C24H25N5O2S/c1-16-22(23(30)25-15-7-10-18-8-5-4-6-9-18)32-24(26-16)21-17(2)29(28-27-21)19-11-13-20(31-3)14-12-19/h4-6,8-9,11-14H,7,10,15H2,1-3H3,(H,25,30). The molecule has 0 saturated heterocycles. The van der Waals surface area contributed by atoms with Crippen LogP contribution in [0.15, 0.2) is 54.6 Å². The second kappa shape index (κ2) is 9.74. The van der Waals surface area contributed by atoms with Gasteiger partial charge in [0.2, 0.25) is 0 Å². The number of nitrogens with one attached hydrogen (secondary N) is 1. The van der Waals surface area contributed by atoms with Gasteiger partial charge in [-0.1, -0.05) is 35.5 Å². The van der Waals surface area contributed by atoms with E-state index in [4.69, 9.17) is 4.74 Å². The maximum Gasteiger partial charge on any atom is 0.263 e. The van der Waals surface area contributed by atoms with Crippen LogP contribution >= 0.6 is 11.3 Å². The lowest BCUT2D eigenvalue weighted by Crippen LogP contribution is -2.24. The van der Waals surface area contributed by atoms with E-state index in [1.165, 1.54) is 16.9 Å². The molecule has 0 unspecified atom stereocenters. The third kappa shape index (κ3) is 4.70. The fourth-order valence-electron chi connectivity index (χ4n) is 3.42. The van der Waals surface area contributed by atoms with Crippen molar-refractivity contribution in [2.24, 2.45) is 0 Å². The fourth-order valence-corrected chi connectivity index (χ4v) is 4.44. The van der Waals surface area contributed by atoms with Crippen LogP contribution in [0.5, 0.6) is 5.75 Å². The smallest absolute Gasteiger partial charge is 0.263 e. The van der Waals surface area contributed by atoms with E-state index in [9.17, 15) is 4.79 Å². The number of amides is 1. The zero-order chi connectivity index (χ0) is 22.5. The van der Waals surface area contributed by atoms with E-state index >= 15 is 0 Å². The molecular weight excluding hydrogens is 422 g/mol. The average Bonchev–Trinajstić information content (AvgIpc) is 3.39. The number of nitrogens with zero attached hydrogens (tertiary/aromatic N) is 4. The van der Waals surface area contributed by atoms with E-state index in [0.717, 1.165) is 30.0 Å². The molecule has 2 heterocycles. The van der Waals surface area contributed by atoms with Crippen molar-refractivity contribution < 1.29 is 9.53 Å². The normalized spacial score (nSPS) is 10.8. The first-order chi connectivity index (χ1) is 15.6. The number of aromatic nitrogens is 4. The summed E-state index contributed by atoms with van der Waals surface area (Å²) in [4.78, 5) is 17.9. The molecule has 0 radical (unpaired) electrons. The van der Waals surface area contributed by atoms with Gasteiger partial charge in [0.15, 0.2) is 0 Å². The Morgan fingerprint density at radius 3 is 2.56 bits per heavy atom. The number of hydrogen-bond acceptors (Lipinski definition) is 6. The largest absolute Gasteiger partial charge is 0.497 e. The summed E-state index contributed by atoms with van der Waals surface area (Å²) in [5.41, 5.74) is 4.39. The lowest BCUT2D eigenvalue weighted by molar-refractivity contribution is 0.0956. The van der Waals surface area contributed by atoms with Gasteiger partial charge in [0.1, 0.15) is 21.3 Å². The fraction of sp³-hybridized carbons (Fsp3) is 0.250. The van der Waals surface area contributed by atoms with Crippen LogP contribution in [-0.2, 0) is 6.42 Å². The Morgan fingerprint density at radius 2 is 1.84 bits per heavy atom. The van der Waals surface area contributed by atoms with Crippen molar-refractivity contribution in [2.45, 2.75) is 26.7 Å². The van der Waals surface area contributed by atoms with Crippen LogP contribution in [0.3, 0.4) is 0 Å². The van der Waals surface area contributed by atoms with E-state index in [0.29, 0.717) is 27.8 Å². The number of ether oxygens (including phenoxy) is 1. The molecule has 0 aliphatic carbocycles. The van der Waals surface area contributed by atoms with E-state index in [-0.39, 0.29) is 5.91 Å². The lowest BCUT2D eigenvalue weighted by Gasteiger charge is -2.05. The molecule has 4 aromatic rings. The highest BCUT2D eigenvalue weighted by atomic mass is 32.1.